The van der Waals surface area contributed by atoms with Gasteiger partial charge >= 0.3 is 11.9 Å². The number of carbonyl (C=O) groups is 4. The summed E-state index contributed by atoms with van der Waals surface area (Å²) >= 11 is 0. The van der Waals surface area contributed by atoms with Gasteiger partial charge in [0.25, 0.3) is 0 Å². The molecule has 0 unspecified atom stereocenters. The number of anilines is 1. The number of nitrogens with zero attached hydrogens (tertiary/aromatic N) is 1. The maximum absolute atomic E-state index is 12.1. The number of rotatable bonds is 7. The van der Waals surface area contributed by atoms with Crippen molar-refractivity contribution >= 4 is 41.0 Å². The highest BCUT2D eigenvalue weighted by molar-refractivity contribution is 6.16. The number of nitrogens with one attached hydrogen (secondary N) is 2. The molecule has 0 saturated carbocycles. The number of para-hydroxylation sites is 2. The lowest BCUT2D eigenvalue weighted by Gasteiger charge is -2.13. The van der Waals surface area contributed by atoms with Crippen molar-refractivity contribution in [1.82, 2.24) is 5.32 Å². The molecule has 0 atom stereocenters. The largest absolute Gasteiger partial charge is 0.478 e. The van der Waals surface area contributed by atoms with Crippen molar-refractivity contribution < 1.29 is 29.4 Å². The maximum Gasteiger partial charge on any atom is 0.328 e. The first kappa shape index (κ1) is 21.8. The molecule has 0 fully saturated rings. The van der Waals surface area contributed by atoms with Crippen LogP contribution in [0.4, 0.5) is 11.4 Å². The van der Waals surface area contributed by atoms with E-state index in [4.69, 9.17) is 10.2 Å². The second-order valence-electron chi connectivity index (χ2n) is 5.66. The summed E-state index contributed by atoms with van der Waals surface area (Å²) < 4.78 is 0. The van der Waals surface area contributed by atoms with Gasteiger partial charge in [0.15, 0.2) is 0 Å². The van der Waals surface area contributed by atoms with E-state index in [9.17, 15) is 19.2 Å². The minimum absolute atomic E-state index is 0.0550. The number of amidine groups is 1. The molecule has 0 radical (unpaired) electrons. The van der Waals surface area contributed by atoms with Crippen molar-refractivity contribution in [2.75, 3.05) is 5.32 Å². The Morgan fingerprint density at radius 1 is 0.733 bits per heavy atom. The van der Waals surface area contributed by atoms with Gasteiger partial charge in [-0.3, -0.25) is 9.59 Å². The van der Waals surface area contributed by atoms with Gasteiger partial charge in [-0.1, -0.05) is 30.3 Å². The molecule has 0 aromatic heterocycles. The minimum Gasteiger partial charge on any atom is -0.478 e. The molecule has 2 rings (SSSR count). The van der Waals surface area contributed by atoms with E-state index in [2.05, 4.69) is 15.6 Å². The Morgan fingerprint density at radius 3 is 1.93 bits per heavy atom. The van der Waals surface area contributed by atoms with Gasteiger partial charge in [0.1, 0.15) is 5.84 Å². The van der Waals surface area contributed by atoms with Gasteiger partial charge in [-0.25, -0.2) is 14.6 Å². The molecule has 2 aromatic rings. The summed E-state index contributed by atoms with van der Waals surface area (Å²) in [5, 5.41) is 22.4. The summed E-state index contributed by atoms with van der Waals surface area (Å²) in [6.45, 7) is 0. The van der Waals surface area contributed by atoms with Gasteiger partial charge in [-0.15, -0.1) is 0 Å². The fourth-order valence-electron chi connectivity index (χ4n) is 2.21. The zero-order chi connectivity index (χ0) is 21.9. The molecule has 0 aliphatic carbocycles. The SMILES string of the molecule is O=C(O)/C=C/C(=O)NC(=Nc1ccccc1)c1ccccc1NC(=O)/C=C/C(=O)O. The predicted molar refractivity (Wildman–Crippen MR) is 109 cm³/mol. The van der Waals surface area contributed by atoms with Crippen LogP contribution in [-0.2, 0) is 19.2 Å². The summed E-state index contributed by atoms with van der Waals surface area (Å²) in [5.74, 6) is -3.94. The maximum atomic E-state index is 12.1. The Bertz CT molecular complexity index is 1040. The third-order valence-electron chi connectivity index (χ3n) is 3.43. The smallest absolute Gasteiger partial charge is 0.328 e. The van der Waals surface area contributed by atoms with Crippen molar-refractivity contribution in [3.8, 4) is 0 Å². The normalized spacial score (nSPS) is 11.4. The van der Waals surface area contributed by atoms with Gasteiger partial charge in [0.2, 0.25) is 11.8 Å². The van der Waals surface area contributed by atoms with Crippen molar-refractivity contribution in [2.24, 2.45) is 4.99 Å². The number of benzene rings is 2. The minimum atomic E-state index is -1.29. The van der Waals surface area contributed by atoms with Crippen LogP contribution in [0.5, 0.6) is 0 Å². The van der Waals surface area contributed by atoms with Gasteiger partial charge in [-0.05, 0) is 24.3 Å². The van der Waals surface area contributed by atoms with Crippen LogP contribution in [0.15, 0.2) is 83.9 Å². The van der Waals surface area contributed by atoms with Crippen LogP contribution in [0.3, 0.4) is 0 Å². The Morgan fingerprint density at radius 2 is 1.30 bits per heavy atom. The quantitative estimate of drug-likeness (QED) is 0.314. The fourth-order valence-corrected chi connectivity index (χ4v) is 2.21. The molecule has 0 aliphatic rings. The lowest BCUT2D eigenvalue weighted by Crippen LogP contribution is -2.30. The number of hydrogen-bond donors (Lipinski definition) is 4. The number of carbonyl (C=O) groups excluding carboxylic acids is 2. The molecule has 9 heteroatoms. The first-order valence-corrected chi connectivity index (χ1v) is 8.52. The molecular weight excluding hydrogens is 390 g/mol. The summed E-state index contributed by atoms with van der Waals surface area (Å²) in [5.41, 5.74) is 1.09. The molecule has 0 heterocycles. The highest BCUT2D eigenvalue weighted by Gasteiger charge is 2.13. The molecule has 0 spiro atoms. The van der Waals surface area contributed by atoms with E-state index in [0.717, 1.165) is 12.2 Å². The zero-order valence-corrected chi connectivity index (χ0v) is 15.5. The lowest BCUT2D eigenvalue weighted by molar-refractivity contribution is -0.132. The molecule has 2 amide bonds. The van der Waals surface area contributed by atoms with Gasteiger partial charge in [-0.2, -0.15) is 0 Å². The number of amides is 2. The molecular formula is C21H17N3O6. The van der Waals surface area contributed by atoms with Gasteiger partial charge < -0.3 is 20.8 Å². The summed E-state index contributed by atoms with van der Waals surface area (Å²) in [4.78, 5) is 49.7. The molecule has 0 aliphatic heterocycles. The second kappa shape index (κ2) is 10.7. The van der Waals surface area contributed by atoms with Crippen molar-refractivity contribution in [1.29, 1.82) is 0 Å². The van der Waals surface area contributed by atoms with Crippen molar-refractivity contribution in [3.63, 3.8) is 0 Å². The second-order valence-corrected chi connectivity index (χ2v) is 5.66. The molecule has 0 bridgehead atoms. The van der Waals surface area contributed by atoms with Crippen LogP contribution in [0.25, 0.3) is 0 Å². The van der Waals surface area contributed by atoms with Crippen LogP contribution < -0.4 is 10.6 Å². The van der Waals surface area contributed by atoms with Crippen LogP contribution in [0, 0.1) is 0 Å². The van der Waals surface area contributed by atoms with Crippen LogP contribution in [0.1, 0.15) is 5.56 Å². The summed E-state index contributed by atoms with van der Waals surface area (Å²) in [6.07, 6.45) is 3.05. The Labute approximate surface area is 171 Å². The highest BCUT2D eigenvalue weighted by Crippen LogP contribution is 2.19. The monoisotopic (exact) mass is 407 g/mol. The molecule has 0 saturated heterocycles. The van der Waals surface area contributed by atoms with Crippen LogP contribution >= 0.6 is 0 Å². The predicted octanol–water partition coefficient (Wildman–Crippen LogP) is 2.10. The van der Waals surface area contributed by atoms with E-state index in [-0.39, 0.29) is 11.5 Å². The molecule has 4 N–H and O–H groups in total. The van der Waals surface area contributed by atoms with E-state index in [1.807, 2.05) is 0 Å². The number of carboxylic acid groups (broad SMARTS) is 2. The lowest BCUT2D eigenvalue weighted by atomic mass is 10.1. The zero-order valence-electron chi connectivity index (χ0n) is 15.5. The molecule has 2 aromatic carbocycles. The topological polar surface area (TPSA) is 145 Å². The van der Waals surface area contributed by atoms with Crippen molar-refractivity contribution in [2.45, 2.75) is 0 Å². The Kier molecular flexibility index (Phi) is 7.77. The van der Waals surface area contributed by atoms with Gasteiger partial charge in [0.05, 0.1) is 11.4 Å². The highest BCUT2D eigenvalue weighted by atomic mass is 16.4. The van der Waals surface area contributed by atoms with Crippen LogP contribution in [-0.4, -0.2) is 39.8 Å². The first-order chi connectivity index (χ1) is 14.3. The standard InChI is InChI=1S/C21H17N3O6/c25-17(10-12-19(27)28)23-16-9-5-4-8-15(16)21(22-14-6-2-1-3-7-14)24-18(26)11-13-20(29)30/h1-13H,(H,23,25)(H,27,28)(H,29,30)(H,22,24,26)/b12-10+,13-11+. The van der Waals surface area contributed by atoms with E-state index >= 15 is 0 Å². The molecule has 30 heavy (non-hydrogen) atoms. The summed E-state index contributed by atoms with van der Waals surface area (Å²) in [7, 11) is 0. The fraction of sp³-hybridized carbons (Fsp3) is 0. The summed E-state index contributed by atoms with van der Waals surface area (Å²) in [6, 6.07) is 15.1. The Balaban J connectivity index is 2.42. The first-order valence-electron chi connectivity index (χ1n) is 8.52. The van der Waals surface area contributed by atoms with Crippen molar-refractivity contribution in [3.05, 3.63) is 84.5 Å². The number of carboxylic acids is 2. The van der Waals surface area contributed by atoms with Gasteiger partial charge in [0, 0.05) is 29.9 Å². The molecule has 152 valence electrons. The third kappa shape index (κ3) is 7.24. The number of aliphatic carboxylic acids is 2. The Hall–Kier alpha value is -4.53. The van der Waals surface area contributed by atoms with E-state index < -0.39 is 23.8 Å². The van der Waals surface area contributed by atoms with Crippen LogP contribution in [0.2, 0.25) is 0 Å². The third-order valence-corrected chi connectivity index (χ3v) is 3.43. The number of hydrogen-bond acceptors (Lipinski definition) is 5. The van der Waals surface area contributed by atoms with E-state index in [0.29, 0.717) is 23.4 Å². The average Bonchev–Trinajstić information content (AvgIpc) is 2.71. The van der Waals surface area contributed by atoms with E-state index in [1.165, 1.54) is 0 Å². The molecule has 9 nitrogen and oxygen atoms in total. The van der Waals surface area contributed by atoms with E-state index in [1.54, 1.807) is 54.6 Å². The average molecular weight is 407 g/mol. The number of aliphatic imine (C=N–C) groups is 1.